The number of halogens is 1. The molecule has 0 aliphatic heterocycles. The number of hydrogen-bond acceptors (Lipinski definition) is 4. The molecule has 1 aromatic carbocycles. The third-order valence-corrected chi connectivity index (χ3v) is 3.02. The fourth-order valence-electron chi connectivity index (χ4n) is 1.61. The van der Waals surface area contributed by atoms with Crippen LogP contribution in [-0.4, -0.2) is 27.2 Å². The van der Waals surface area contributed by atoms with Crippen LogP contribution in [0.5, 0.6) is 5.75 Å². The van der Waals surface area contributed by atoms with Crippen molar-refractivity contribution in [3.05, 3.63) is 41.4 Å². The first-order chi connectivity index (χ1) is 9.58. The second kappa shape index (κ2) is 6.38. The summed E-state index contributed by atoms with van der Waals surface area (Å²) in [7, 11) is 0. The van der Waals surface area contributed by atoms with Crippen LogP contribution in [0.25, 0.3) is 0 Å². The molecule has 0 aliphatic rings. The second-order valence-corrected chi connectivity index (χ2v) is 4.70. The van der Waals surface area contributed by atoms with Crippen LogP contribution in [0.3, 0.4) is 0 Å². The number of amides is 1. The van der Waals surface area contributed by atoms with Crippen molar-refractivity contribution >= 4 is 17.5 Å². The molecule has 1 amide bonds. The first-order valence-electron chi connectivity index (χ1n) is 6.14. The average molecular weight is 295 g/mol. The van der Waals surface area contributed by atoms with Crippen molar-refractivity contribution in [2.75, 3.05) is 0 Å². The van der Waals surface area contributed by atoms with Gasteiger partial charge in [-0.3, -0.25) is 9.89 Å². The zero-order valence-electron chi connectivity index (χ0n) is 11.1. The van der Waals surface area contributed by atoms with Gasteiger partial charge in [0.1, 0.15) is 17.9 Å². The maximum atomic E-state index is 12.0. The van der Waals surface area contributed by atoms with Gasteiger partial charge in [-0.25, -0.2) is 4.98 Å². The minimum Gasteiger partial charge on any atom is -0.479 e. The number of aromatic nitrogens is 3. The first kappa shape index (κ1) is 14.3. The minimum absolute atomic E-state index is 0.256. The average Bonchev–Trinajstić information content (AvgIpc) is 2.95. The molecule has 20 heavy (non-hydrogen) atoms. The molecule has 6 nitrogen and oxygen atoms in total. The number of ether oxygens (including phenoxy) is 1. The van der Waals surface area contributed by atoms with Crippen LogP contribution in [0.15, 0.2) is 30.6 Å². The monoisotopic (exact) mass is 294 g/mol. The Morgan fingerprint density at radius 2 is 2.15 bits per heavy atom. The highest BCUT2D eigenvalue weighted by Crippen LogP contribution is 2.24. The lowest BCUT2D eigenvalue weighted by Crippen LogP contribution is -2.38. The van der Waals surface area contributed by atoms with E-state index < -0.39 is 6.10 Å². The molecule has 2 unspecified atom stereocenters. The molecule has 7 heteroatoms. The summed E-state index contributed by atoms with van der Waals surface area (Å²) < 4.78 is 5.53. The molecule has 2 atom stereocenters. The van der Waals surface area contributed by atoms with Crippen LogP contribution in [0, 0.1) is 0 Å². The summed E-state index contributed by atoms with van der Waals surface area (Å²) in [5, 5.41) is 9.69. The Morgan fingerprint density at radius 3 is 2.80 bits per heavy atom. The van der Waals surface area contributed by atoms with Gasteiger partial charge in [-0.15, -0.1) is 0 Å². The smallest absolute Gasteiger partial charge is 0.261 e. The van der Waals surface area contributed by atoms with Crippen molar-refractivity contribution in [1.29, 1.82) is 0 Å². The number of nitrogens with one attached hydrogen (secondary N) is 2. The predicted octanol–water partition coefficient (Wildman–Crippen LogP) is 2.10. The lowest BCUT2D eigenvalue weighted by molar-refractivity contribution is -0.128. The summed E-state index contributed by atoms with van der Waals surface area (Å²) in [4.78, 5) is 16.0. The topological polar surface area (TPSA) is 79.9 Å². The quantitative estimate of drug-likeness (QED) is 0.885. The summed E-state index contributed by atoms with van der Waals surface area (Å²) in [6.45, 7) is 3.46. The Morgan fingerprint density at radius 1 is 1.40 bits per heavy atom. The number of nitrogens with zero attached hydrogens (tertiary/aromatic N) is 2. The van der Waals surface area contributed by atoms with Crippen molar-refractivity contribution < 1.29 is 9.53 Å². The molecule has 1 aromatic heterocycles. The van der Waals surface area contributed by atoms with Crippen LogP contribution in [0.2, 0.25) is 5.02 Å². The van der Waals surface area contributed by atoms with E-state index in [1.54, 1.807) is 38.1 Å². The summed E-state index contributed by atoms with van der Waals surface area (Å²) in [6, 6.07) is 6.74. The Hall–Kier alpha value is -2.08. The zero-order valence-corrected chi connectivity index (χ0v) is 11.9. The van der Waals surface area contributed by atoms with Gasteiger partial charge in [0.25, 0.3) is 5.91 Å². The number of aromatic amines is 1. The number of H-pyrrole nitrogens is 1. The van der Waals surface area contributed by atoms with Gasteiger partial charge in [0.15, 0.2) is 6.10 Å². The Bertz CT molecular complexity index is 574. The maximum Gasteiger partial charge on any atom is 0.261 e. The molecule has 0 spiro atoms. The molecule has 0 saturated carbocycles. The van der Waals surface area contributed by atoms with Crippen molar-refractivity contribution in [3.63, 3.8) is 0 Å². The van der Waals surface area contributed by atoms with E-state index in [0.717, 1.165) is 0 Å². The van der Waals surface area contributed by atoms with Gasteiger partial charge in [0.2, 0.25) is 0 Å². The van der Waals surface area contributed by atoms with Crippen molar-refractivity contribution in [2.24, 2.45) is 0 Å². The van der Waals surface area contributed by atoms with E-state index in [9.17, 15) is 4.79 Å². The highest BCUT2D eigenvalue weighted by molar-refractivity contribution is 6.32. The van der Waals surface area contributed by atoms with E-state index >= 15 is 0 Å². The van der Waals surface area contributed by atoms with Gasteiger partial charge in [0, 0.05) is 0 Å². The number of benzene rings is 1. The number of carbonyl (C=O) groups excluding carboxylic acids is 1. The number of hydrogen-bond donors (Lipinski definition) is 2. The molecule has 0 fully saturated rings. The fraction of sp³-hybridized carbons (Fsp3) is 0.308. The highest BCUT2D eigenvalue weighted by atomic mass is 35.5. The van der Waals surface area contributed by atoms with Gasteiger partial charge < -0.3 is 10.1 Å². The van der Waals surface area contributed by atoms with E-state index in [2.05, 4.69) is 20.5 Å². The fourth-order valence-corrected chi connectivity index (χ4v) is 1.79. The Labute approximate surface area is 121 Å². The van der Waals surface area contributed by atoms with Gasteiger partial charge in [-0.05, 0) is 26.0 Å². The molecule has 2 rings (SSSR count). The van der Waals surface area contributed by atoms with E-state index in [0.29, 0.717) is 16.6 Å². The molecule has 0 saturated heterocycles. The highest BCUT2D eigenvalue weighted by Gasteiger charge is 2.19. The molecule has 0 aliphatic carbocycles. The zero-order chi connectivity index (χ0) is 14.5. The van der Waals surface area contributed by atoms with Gasteiger partial charge in [-0.2, -0.15) is 5.10 Å². The number of rotatable bonds is 5. The summed E-state index contributed by atoms with van der Waals surface area (Å²) in [5.74, 6) is 0.807. The lowest BCUT2D eigenvalue weighted by atomic mass is 10.2. The van der Waals surface area contributed by atoms with Gasteiger partial charge >= 0.3 is 0 Å². The summed E-state index contributed by atoms with van der Waals surface area (Å²) in [6.07, 6.45) is 0.724. The van der Waals surface area contributed by atoms with E-state index in [-0.39, 0.29) is 11.9 Å². The van der Waals surface area contributed by atoms with Crippen molar-refractivity contribution in [1.82, 2.24) is 20.5 Å². The van der Waals surface area contributed by atoms with E-state index in [4.69, 9.17) is 16.3 Å². The SMILES string of the molecule is CC(Oc1ccccc1Cl)C(=O)NC(C)c1ncn[nH]1. The molecule has 106 valence electrons. The van der Waals surface area contributed by atoms with Crippen LogP contribution in [0.4, 0.5) is 0 Å². The maximum absolute atomic E-state index is 12.0. The largest absolute Gasteiger partial charge is 0.479 e. The third kappa shape index (κ3) is 3.48. The van der Waals surface area contributed by atoms with E-state index in [1.165, 1.54) is 6.33 Å². The predicted molar refractivity (Wildman–Crippen MR) is 74.5 cm³/mol. The summed E-state index contributed by atoms with van der Waals surface area (Å²) in [5.41, 5.74) is 0. The lowest BCUT2D eigenvalue weighted by Gasteiger charge is -2.17. The summed E-state index contributed by atoms with van der Waals surface area (Å²) >= 11 is 5.98. The second-order valence-electron chi connectivity index (χ2n) is 4.29. The Balaban J connectivity index is 1.94. The molecule has 2 aromatic rings. The van der Waals surface area contributed by atoms with Crippen LogP contribution in [-0.2, 0) is 4.79 Å². The minimum atomic E-state index is -0.666. The van der Waals surface area contributed by atoms with Crippen molar-refractivity contribution in [2.45, 2.75) is 26.0 Å². The normalized spacial score (nSPS) is 13.6. The van der Waals surface area contributed by atoms with Gasteiger partial charge in [-0.1, -0.05) is 23.7 Å². The molecule has 0 bridgehead atoms. The van der Waals surface area contributed by atoms with Crippen molar-refractivity contribution in [3.8, 4) is 5.75 Å². The molecular formula is C13H15ClN4O2. The van der Waals surface area contributed by atoms with Crippen LogP contribution < -0.4 is 10.1 Å². The molecular weight excluding hydrogens is 280 g/mol. The molecule has 2 N–H and O–H groups in total. The standard InChI is InChI=1S/C13H15ClN4O2/c1-8(12-15-7-16-18-12)17-13(19)9(2)20-11-6-4-3-5-10(11)14/h3-9H,1-2H3,(H,17,19)(H,15,16,18). The molecule has 1 heterocycles. The Kier molecular flexibility index (Phi) is 4.57. The molecule has 0 radical (unpaired) electrons. The van der Waals surface area contributed by atoms with Crippen LogP contribution in [0.1, 0.15) is 25.7 Å². The number of para-hydroxylation sites is 1. The number of carbonyl (C=O) groups is 1. The van der Waals surface area contributed by atoms with E-state index in [1.807, 2.05) is 0 Å². The van der Waals surface area contributed by atoms with Crippen LogP contribution >= 0.6 is 11.6 Å². The first-order valence-corrected chi connectivity index (χ1v) is 6.52. The van der Waals surface area contributed by atoms with Gasteiger partial charge in [0.05, 0.1) is 11.1 Å². The third-order valence-electron chi connectivity index (χ3n) is 2.71.